The normalized spacial score (nSPS) is 14.5. The Kier molecular flexibility index (Phi) is 7.16. The zero-order valence-electron chi connectivity index (χ0n) is 20.3. The van der Waals surface area contributed by atoms with Crippen LogP contribution in [0.4, 0.5) is 5.69 Å². The second kappa shape index (κ2) is 10.1. The number of nitrogens with zero attached hydrogens (tertiary/aromatic N) is 3. The third kappa shape index (κ3) is 4.92. The maximum Gasteiger partial charge on any atom is 0.264 e. The van der Waals surface area contributed by atoms with E-state index in [2.05, 4.69) is 24.1 Å². The first-order valence-corrected chi connectivity index (χ1v) is 12.7. The van der Waals surface area contributed by atoms with Gasteiger partial charge >= 0.3 is 0 Å². The van der Waals surface area contributed by atoms with Crippen molar-refractivity contribution in [1.29, 1.82) is 0 Å². The van der Waals surface area contributed by atoms with Crippen LogP contribution in [-0.4, -0.2) is 39.4 Å². The third-order valence-corrected chi connectivity index (χ3v) is 7.92. The van der Waals surface area contributed by atoms with Gasteiger partial charge in [0.25, 0.3) is 11.5 Å². The van der Waals surface area contributed by atoms with Crippen LogP contribution in [0.25, 0.3) is 10.2 Å². The lowest BCUT2D eigenvalue weighted by Crippen LogP contribution is -2.38. The van der Waals surface area contributed by atoms with E-state index in [0.29, 0.717) is 32.3 Å². The van der Waals surface area contributed by atoms with Gasteiger partial charge in [-0.25, -0.2) is 4.98 Å². The van der Waals surface area contributed by atoms with Crippen molar-refractivity contribution in [3.8, 4) is 0 Å². The van der Waals surface area contributed by atoms with Gasteiger partial charge < -0.3 is 10.2 Å². The van der Waals surface area contributed by atoms with E-state index in [-0.39, 0.29) is 30.0 Å². The zero-order valence-corrected chi connectivity index (χ0v) is 21.1. The zero-order chi connectivity index (χ0) is 24.4. The molecule has 2 heterocycles. The van der Waals surface area contributed by atoms with Crippen molar-refractivity contribution in [2.75, 3.05) is 12.4 Å². The largest absolute Gasteiger partial charge is 0.338 e. The van der Waals surface area contributed by atoms with Gasteiger partial charge in [0.1, 0.15) is 11.4 Å². The van der Waals surface area contributed by atoms with Gasteiger partial charge in [-0.15, -0.1) is 11.3 Å². The summed E-state index contributed by atoms with van der Waals surface area (Å²) >= 11 is 1.26. The van der Waals surface area contributed by atoms with Crippen molar-refractivity contribution >= 4 is 39.1 Å². The van der Waals surface area contributed by atoms with Crippen LogP contribution in [0.2, 0.25) is 0 Å². The number of aromatic nitrogens is 2. The van der Waals surface area contributed by atoms with Crippen molar-refractivity contribution in [3.05, 3.63) is 57.0 Å². The van der Waals surface area contributed by atoms with Gasteiger partial charge in [-0.1, -0.05) is 45.2 Å². The molecule has 0 saturated heterocycles. The van der Waals surface area contributed by atoms with E-state index < -0.39 is 0 Å². The van der Waals surface area contributed by atoms with Crippen LogP contribution in [-0.2, 0) is 11.3 Å². The van der Waals surface area contributed by atoms with Crippen LogP contribution in [0.5, 0.6) is 0 Å². The van der Waals surface area contributed by atoms with E-state index in [1.807, 2.05) is 36.2 Å². The molecule has 0 bridgehead atoms. The predicted octanol–water partition coefficient (Wildman–Crippen LogP) is 4.93. The van der Waals surface area contributed by atoms with Crippen LogP contribution >= 0.6 is 11.3 Å². The minimum Gasteiger partial charge on any atom is -0.338 e. The number of nitrogens with one attached hydrogen (secondary N) is 1. The van der Waals surface area contributed by atoms with Gasteiger partial charge in [0.15, 0.2) is 0 Å². The first kappa shape index (κ1) is 24.1. The molecular weight excluding hydrogens is 448 g/mol. The summed E-state index contributed by atoms with van der Waals surface area (Å²) in [6.45, 7) is 5.88. The molecule has 0 atom stereocenters. The number of thiophene rings is 1. The second-order valence-corrected chi connectivity index (χ2v) is 10.4. The molecule has 1 aliphatic rings. The SMILES string of the molecule is Cc1c(C(=O)N(C)C2CCCCC2)sc2ncn(CC(=O)Nc3ccc(C(C)C)cc3)c(=O)c12. The standard InChI is InChI=1S/C26H32N4O3S/c1-16(2)18-10-12-19(13-11-18)28-21(31)14-30-15-27-24-22(25(30)32)17(3)23(34-24)26(33)29(4)20-8-6-5-7-9-20/h10-13,15-16,20H,5-9,14H2,1-4H3,(H,28,31). The molecule has 2 amide bonds. The van der Waals surface area contributed by atoms with Gasteiger partial charge in [-0.2, -0.15) is 0 Å². The first-order valence-electron chi connectivity index (χ1n) is 11.9. The Balaban J connectivity index is 1.53. The molecule has 1 aromatic carbocycles. The number of hydrogen-bond acceptors (Lipinski definition) is 5. The summed E-state index contributed by atoms with van der Waals surface area (Å²) in [7, 11) is 1.85. The number of aryl methyl sites for hydroxylation is 1. The lowest BCUT2D eigenvalue weighted by molar-refractivity contribution is -0.116. The maximum absolute atomic E-state index is 13.2. The Morgan fingerprint density at radius 2 is 1.85 bits per heavy atom. The smallest absolute Gasteiger partial charge is 0.264 e. The van der Waals surface area contributed by atoms with Crippen LogP contribution in [0.3, 0.4) is 0 Å². The third-order valence-electron chi connectivity index (χ3n) is 6.73. The Morgan fingerprint density at radius 1 is 1.18 bits per heavy atom. The van der Waals surface area contributed by atoms with Crippen LogP contribution in [0, 0.1) is 6.92 Å². The number of carbonyl (C=O) groups is 2. The minimum atomic E-state index is -0.304. The van der Waals surface area contributed by atoms with Crippen LogP contribution in [0.1, 0.15) is 72.7 Å². The second-order valence-electron chi connectivity index (χ2n) is 9.45. The molecule has 2 aromatic heterocycles. The van der Waals surface area contributed by atoms with E-state index in [9.17, 15) is 14.4 Å². The Labute approximate surface area is 203 Å². The summed E-state index contributed by atoms with van der Waals surface area (Å²) in [5.41, 5.74) is 2.21. The summed E-state index contributed by atoms with van der Waals surface area (Å²) < 4.78 is 1.30. The van der Waals surface area contributed by atoms with Crippen LogP contribution < -0.4 is 10.9 Å². The Bertz CT molecular complexity index is 1250. The molecule has 1 N–H and O–H groups in total. The minimum absolute atomic E-state index is 0.0547. The van der Waals surface area contributed by atoms with Gasteiger partial charge in [0.05, 0.1) is 16.6 Å². The van der Waals surface area contributed by atoms with E-state index >= 15 is 0 Å². The van der Waals surface area contributed by atoms with Crippen molar-refractivity contribution < 1.29 is 9.59 Å². The van der Waals surface area contributed by atoms with E-state index in [1.54, 1.807) is 6.92 Å². The highest BCUT2D eigenvalue weighted by atomic mass is 32.1. The molecule has 0 aliphatic heterocycles. The Hall–Kier alpha value is -3.00. The van der Waals surface area contributed by atoms with E-state index in [4.69, 9.17) is 0 Å². The summed E-state index contributed by atoms with van der Waals surface area (Å²) in [5, 5.41) is 3.26. The summed E-state index contributed by atoms with van der Waals surface area (Å²) in [5.74, 6) is 0.0527. The molecule has 8 heteroatoms. The monoisotopic (exact) mass is 480 g/mol. The summed E-state index contributed by atoms with van der Waals surface area (Å²) in [6, 6.07) is 7.94. The summed E-state index contributed by atoms with van der Waals surface area (Å²) in [6.07, 6.45) is 6.94. The molecule has 180 valence electrons. The highest BCUT2D eigenvalue weighted by Crippen LogP contribution is 2.30. The average molecular weight is 481 g/mol. The lowest BCUT2D eigenvalue weighted by Gasteiger charge is -2.31. The molecular formula is C26H32N4O3S. The lowest BCUT2D eigenvalue weighted by atomic mass is 9.94. The van der Waals surface area contributed by atoms with Crippen molar-refractivity contribution in [2.24, 2.45) is 0 Å². The number of anilines is 1. The summed E-state index contributed by atoms with van der Waals surface area (Å²) in [4.78, 5) is 46.3. The number of rotatable bonds is 6. The molecule has 4 rings (SSSR count). The molecule has 1 aliphatic carbocycles. The van der Waals surface area contributed by atoms with E-state index in [1.165, 1.54) is 34.2 Å². The molecule has 0 spiro atoms. The number of carbonyl (C=O) groups excluding carboxylic acids is 2. The number of fused-ring (bicyclic) bond motifs is 1. The number of benzene rings is 1. The maximum atomic E-state index is 13.2. The number of hydrogen-bond donors (Lipinski definition) is 1. The van der Waals surface area contributed by atoms with Gasteiger partial charge in [0, 0.05) is 18.8 Å². The van der Waals surface area contributed by atoms with Crippen molar-refractivity contribution in [3.63, 3.8) is 0 Å². The van der Waals surface area contributed by atoms with E-state index in [0.717, 1.165) is 25.7 Å². The van der Waals surface area contributed by atoms with Gasteiger partial charge in [-0.3, -0.25) is 19.0 Å². The van der Waals surface area contributed by atoms with Crippen molar-refractivity contribution in [1.82, 2.24) is 14.5 Å². The topological polar surface area (TPSA) is 84.3 Å². The molecule has 34 heavy (non-hydrogen) atoms. The molecule has 0 unspecified atom stereocenters. The number of amides is 2. The highest BCUT2D eigenvalue weighted by molar-refractivity contribution is 7.20. The molecule has 3 aromatic rings. The van der Waals surface area contributed by atoms with Gasteiger partial charge in [-0.05, 0) is 48.9 Å². The van der Waals surface area contributed by atoms with Crippen LogP contribution in [0.15, 0.2) is 35.4 Å². The fourth-order valence-corrected chi connectivity index (χ4v) is 5.70. The molecule has 1 fully saturated rings. The molecule has 0 radical (unpaired) electrons. The highest BCUT2D eigenvalue weighted by Gasteiger charge is 2.27. The quantitative estimate of drug-likeness (QED) is 0.542. The fourth-order valence-electron chi connectivity index (χ4n) is 4.58. The predicted molar refractivity (Wildman–Crippen MR) is 137 cm³/mol. The first-order chi connectivity index (χ1) is 16.3. The van der Waals surface area contributed by atoms with Gasteiger partial charge in [0.2, 0.25) is 5.91 Å². The molecule has 7 nitrogen and oxygen atoms in total. The van der Waals surface area contributed by atoms with Crippen molar-refractivity contribution in [2.45, 2.75) is 71.4 Å². The molecule has 1 saturated carbocycles. The Morgan fingerprint density at radius 3 is 2.50 bits per heavy atom. The average Bonchev–Trinajstić information content (AvgIpc) is 3.17. The fraction of sp³-hybridized carbons (Fsp3) is 0.462.